The van der Waals surface area contributed by atoms with E-state index >= 15 is 0 Å². The first-order valence-corrected chi connectivity index (χ1v) is 7.94. The second kappa shape index (κ2) is 6.75. The summed E-state index contributed by atoms with van der Waals surface area (Å²) in [6.45, 7) is 7.61. The Kier molecular flexibility index (Phi) is 4.96. The van der Waals surface area contributed by atoms with Crippen LogP contribution in [0.4, 0.5) is 10.5 Å². The first kappa shape index (κ1) is 16.9. The molecule has 2 aromatic rings. The molecule has 0 radical (unpaired) electrons. The standard InChI is InChI=1S/C16H18N4O2S/c1-11-10-23-14(19-11)9-20(15(21)22-16(2,3)4)13-5-6-18-12(7-13)8-17/h5-7,10H,9H2,1-4H3. The van der Waals surface area contributed by atoms with Crippen LogP contribution in [0.5, 0.6) is 0 Å². The Morgan fingerprint density at radius 3 is 2.78 bits per heavy atom. The molecule has 0 fully saturated rings. The zero-order valence-electron chi connectivity index (χ0n) is 13.5. The highest BCUT2D eigenvalue weighted by molar-refractivity contribution is 7.09. The van der Waals surface area contributed by atoms with Crippen LogP contribution in [-0.4, -0.2) is 21.7 Å². The molecule has 0 spiro atoms. The maximum Gasteiger partial charge on any atom is 0.415 e. The van der Waals surface area contributed by atoms with Gasteiger partial charge in [-0.25, -0.2) is 14.8 Å². The molecule has 1 amide bonds. The molecule has 0 bridgehead atoms. The van der Waals surface area contributed by atoms with Gasteiger partial charge < -0.3 is 4.74 Å². The smallest absolute Gasteiger partial charge is 0.415 e. The van der Waals surface area contributed by atoms with Crippen molar-refractivity contribution in [2.24, 2.45) is 0 Å². The molecule has 2 heterocycles. The quantitative estimate of drug-likeness (QED) is 0.858. The van der Waals surface area contributed by atoms with E-state index in [0.717, 1.165) is 10.7 Å². The van der Waals surface area contributed by atoms with E-state index in [1.54, 1.807) is 12.1 Å². The summed E-state index contributed by atoms with van der Waals surface area (Å²) < 4.78 is 5.47. The number of aryl methyl sites for hydroxylation is 1. The Labute approximate surface area is 139 Å². The molecule has 0 saturated heterocycles. The molecule has 0 unspecified atom stereocenters. The largest absolute Gasteiger partial charge is 0.443 e. The number of ether oxygens (including phenoxy) is 1. The van der Waals surface area contributed by atoms with E-state index in [-0.39, 0.29) is 12.2 Å². The van der Waals surface area contributed by atoms with Gasteiger partial charge in [0.05, 0.1) is 12.2 Å². The molecule has 0 aliphatic carbocycles. The highest BCUT2D eigenvalue weighted by Crippen LogP contribution is 2.22. The maximum absolute atomic E-state index is 12.5. The fourth-order valence-corrected chi connectivity index (χ4v) is 2.60. The van der Waals surface area contributed by atoms with E-state index < -0.39 is 11.7 Å². The number of carbonyl (C=O) groups excluding carboxylic acids is 1. The van der Waals surface area contributed by atoms with Crippen molar-refractivity contribution in [3.8, 4) is 6.07 Å². The Hall–Kier alpha value is -2.46. The van der Waals surface area contributed by atoms with Gasteiger partial charge in [-0.3, -0.25) is 4.90 Å². The number of hydrogen-bond acceptors (Lipinski definition) is 6. The lowest BCUT2D eigenvalue weighted by atomic mass is 10.2. The zero-order valence-corrected chi connectivity index (χ0v) is 14.3. The van der Waals surface area contributed by atoms with Gasteiger partial charge in [0.1, 0.15) is 22.4 Å². The molecule has 23 heavy (non-hydrogen) atoms. The first-order chi connectivity index (χ1) is 10.8. The summed E-state index contributed by atoms with van der Waals surface area (Å²) in [5, 5.41) is 11.7. The highest BCUT2D eigenvalue weighted by atomic mass is 32.1. The van der Waals surface area contributed by atoms with Gasteiger partial charge in [0.25, 0.3) is 0 Å². The minimum Gasteiger partial charge on any atom is -0.443 e. The monoisotopic (exact) mass is 330 g/mol. The van der Waals surface area contributed by atoms with Crippen LogP contribution in [0.15, 0.2) is 23.7 Å². The lowest BCUT2D eigenvalue weighted by molar-refractivity contribution is 0.0577. The number of aromatic nitrogens is 2. The predicted octanol–water partition coefficient (Wildman–Crippen LogP) is 3.66. The Morgan fingerprint density at radius 1 is 1.48 bits per heavy atom. The third-order valence-electron chi connectivity index (χ3n) is 2.74. The molecular weight excluding hydrogens is 312 g/mol. The topological polar surface area (TPSA) is 79.1 Å². The Bertz CT molecular complexity index is 743. The summed E-state index contributed by atoms with van der Waals surface area (Å²) >= 11 is 1.48. The van der Waals surface area contributed by atoms with Crippen LogP contribution in [0.25, 0.3) is 0 Å². The molecule has 120 valence electrons. The predicted molar refractivity (Wildman–Crippen MR) is 88.2 cm³/mol. The first-order valence-electron chi connectivity index (χ1n) is 7.06. The number of carbonyl (C=O) groups is 1. The van der Waals surface area contributed by atoms with Crippen molar-refractivity contribution in [1.82, 2.24) is 9.97 Å². The Morgan fingerprint density at radius 2 is 2.22 bits per heavy atom. The number of rotatable bonds is 3. The molecule has 0 aliphatic rings. The molecule has 0 saturated carbocycles. The summed E-state index contributed by atoms with van der Waals surface area (Å²) in [4.78, 5) is 22.3. The van der Waals surface area contributed by atoms with E-state index in [1.165, 1.54) is 22.4 Å². The number of hydrogen-bond donors (Lipinski definition) is 0. The Balaban J connectivity index is 2.33. The second-order valence-corrected chi connectivity index (χ2v) is 6.90. The third kappa shape index (κ3) is 4.76. The van der Waals surface area contributed by atoms with E-state index in [2.05, 4.69) is 9.97 Å². The van der Waals surface area contributed by atoms with Crippen molar-refractivity contribution >= 4 is 23.1 Å². The van der Waals surface area contributed by atoms with Crippen molar-refractivity contribution in [3.05, 3.63) is 40.1 Å². The van der Waals surface area contributed by atoms with Crippen molar-refractivity contribution < 1.29 is 9.53 Å². The maximum atomic E-state index is 12.5. The SMILES string of the molecule is Cc1csc(CN(C(=O)OC(C)(C)C)c2ccnc(C#N)c2)n1. The van der Waals surface area contributed by atoms with Crippen molar-refractivity contribution in [1.29, 1.82) is 5.26 Å². The molecule has 0 aliphatic heterocycles. The summed E-state index contributed by atoms with van der Waals surface area (Å²) in [6.07, 6.45) is 1.01. The summed E-state index contributed by atoms with van der Waals surface area (Å²) in [7, 11) is 0. The molecule has 2 aromatic heterocycles. The van der Waals surface area contributed by atoms with Crippen LogP contribution in [0.1, 0.15) is 37.2 Å². The molecular formula is C16H18N4O2S. The minimum absolute atomic E-state index is 0.242. The van der Waals surface area contributed by atoms with Gasteiger partial charge in [-0.15, -0.1) is 11.3 Å². The molecule has 2 rings (SSSR count). The lowest BCUT2D eigenvalue weighted by Crippen LogP contribution is -2.36. The van der Waals surface area contributed by atoms with Gasteiger partial charge in [-0.1, -0.05) is 0 Å². The normalized spacial score (nSPS) is 10.9. The van der Waals surface area contributed by atoms with Gasteiger partial charge in [0, 0.05) is 17.3 Å². The van der Waals surface area contributed by atoms with Gasteiger partial charge in [0.2, 0.25) is 0 Å². The molecule has 0 N–H and O–H groups in total. The van der Waals surface area contributed by atoms with E-state index in [0.29, 0.717) is 5.69 Å². The van der Waals surface area contributed by atoms with Crippen LogP contribution in [-0.2, 0) is 11.3 Å². The van der Waals surface area contributed by atoms with E-state index in [9.17, 15) is 4.79 Å². The lowest BCUT2D eigenvalue weighted by Gasteiger charge is -2.27. The second-order valence-electron chi connectivity index (χ2n) is 5.96. The number of anilines is 1. The average Bonchev–Trinajstić information content (AvgIpc) is 2.88. The summed E-state index contributed by atoms with van der Waals surface area (Å²) in [6, 6.07) is 5.21. The highest BCUT2D eigenvalue weighted by Gasteiger charge is 2.24. The minimum atomic E-state index is -0.612. The zero-order chi connectivity index (χ0) is 17.0. The number of thiazole rings is 1. The third-order valence-corrected chi connectivity index (χ3v) is 3.69. The summed E-state index contributed by atoms with van der Waals surface area (Å²) in [5.74, 6) is 0. The van der Waals surface area contributed by atoms with Crippen molar-refractivity contribution in [2.45, 2.75) is 39.8 Å². The van der Waals surface area contributed by atoms with Crippen molar-refractivity contribution in [2.75, 3.05) is 4.90 Å². The van der Waals surface area contributed by atoms with Gasteiger partial charge in [-0.2, -0.15) is 5.26 Å². The van der Waals surface area contributed by atoms with Crippen LogP contribution in [0.3, 0.4) is 0 Å². The number of nitrogens with zero attached hydrogens (tertiary/aromatic N) is 4. The van der Waals surface area contributed by atoms with Crippen LogP contribution >= 0.6 is 11.3 Å². The fourth-order valence-electron chi connectivity index (χ4n) is 1.84. The fraction of sp³-hybridized carbons (Fsp3) is 0.375. The molecule has 0 atom stereocenters. The van der Waals surface area contributed by atoms with Crippen LogP contribution < -0.4 is 4.90 Å². The summed E-state index contributed by atoms with van der Waals surface area (Å²) in [5.41, 5.74) is 1.09. The average molecular weight is 330 g/mol. The number of pyridine rings is 1. The number of amides is 1. The van der Waals surface area contributed by atoms with Gasteiger partial charge in [0.15, 0.2) is 0 Å². The molecule has 0 aromatic carbocycles. The molecule has 6 nitrogen and oxygen atoms in total. The van der Waals surface area contributed by atoms with E-state index in [4.69, 9.17) is 10.00 Å². The molecule has 7 heteroatoms. The van der Waals surface area contributed by atoms with E-state index in [1.807, 2.05) is 39.1 Å². The van der Waals surface area contributed by atoms with Crippen LogP contribution in [0, 0.1) is 18.3 Å². The van der Waals surface area contributed by atoms with Crippen molar-refractivity contribution in [3.63, 3.8) is 0 Å². The van der Waals surface area contributed by atoms with Crippen LogP contribution in [0.2, 0.25) is 0 Å². The van der Waals surface area contributed by atoms with Gasteiger partial charge in [-0.05, 0) is 39.8 Å². The number of nitriles is 1. The van der Waals surface area contributed by atoms with Gasteiger partial charge >= 0.3 is 6.09 Å².